The SMILES string of the molecule is COc1ccc(N(C)C(=O)c2cccc(N)n2)cc1. The molecule has 0 aliphatic heterocycles. The second-order valence-corrected chi connectivity index (χ2v) is 4.01. The molecule has 0 unspecified atom stereocenters. The smallest absolute Gasteiger partial charge is 0.276 e. The van der Waals surface area contributed by atoms with Crippen LogP contribution in [0.5, 0.6) is 5.75 Å². The number of amides is 1. The third-order valence-corrected chi connectivity index (χ3v) is 2.75. The predicted octanol–water partition coefficient (Wildman–Crippen LogP) is 1.95. The number of methoxy groups -OCH3 is 1. The molecule has 1 heterocycles. The fourth-order valence-electron chi connectivity index (χ4n) is 1.67. The van der Waals surface area contributed by atoms with Crippen molar-refractivity contribution < 1.29 is 9.53 Å². The summed E-state index contributed by atoms with van der Waals surface area (Å²) in [5.41, 5.74) is 6.65. The number of hydrogen-bond donors (Lipinski definition) is 1. The standard InChI is InChI=1S/C14H15N3O2/c1-17(10-6-8-11(19-2)9-7-10)14(18)12-4-3-5-13(15)16-12/h3-9H,1-2H3,(H2,15,16). The molecule has 0 spiro atoms. The first kappa shape index (κ1) is 12.9. The Balaban J connectivity index is 2.23. The van der Waals surface area contributed by atoms with E-state index >= 15 is 0 Å². The predicted molar refractivity (Wildman–Crippen MR) is 74.4 cm³/mol. The molecule has 1 aromatic heterocycles. The first-order valence-corrected chi connectivity index (χ1v) is 5.76. The molecular formula is C14H15N3O2. The first-order chi connectivity index (χ1) is 9.11. The lowest BCUT2D eigenvalue weighted by atomic mass is 10.2. The summed E-state index contributed by atoms with van der Waals surface area (Å²) in [6.45, 7) is 0. The number of ether oxygens (including phenoxy) is 1. The van der Waals surface area contributed by atoms with Gasteiger partial charge in [0.15, 0.2) is 0 Å². The molecule has 0 fully saturated rings. The van der Waals surface area contributed by atoms with Crippen molar-refractivity contribution >= 4 is 17.4 Å². The fraction of sp³-hybridized carbons (Fsp3) is 0.143. The fourth-order valence-corrected chi connectivity index (χ4v) is 1.67. The minimum absolute atomic E-state index is 0.211. The van der Waals surface area contributed by atoms with Crippen LogP contribution in [0.2, 0.25) is 0 Å². The van der Waals surface area contributed by atoms with Crippen LogP contribution in [0, 0.1) is 0 Å². The lowest BCUT2D eigenvalue weighted by Gasteiger charge is -2.17. The highest BCUT2D eigenvalue weighted by Gasteiger charge is 2.14. The van der Waals surface area contributed by atoms with Gasteiger partial charge in [-0.3, -0.25) is 4.79 Å². The van der Waals surface area contributed by atoms with Crippen molar-refractivity contribution in [2.45, 2.75) is 0 Å². The molecule has 0 saturated carbocycles. The molecular weight excluding hydrogens is 242 g/mol. The molecule has 0 bridgehead atoms. The Morgan fingerprint density at radius 3 is 2.47 bits per heavy atom. The minimum atomic E-state index is -0.211. The lowest BCUT2D eigenvalue weighted by Crippen LogP contribution is -2.27. The van der Waals surface area contributed by atoms with Gasteiger partial charge in [-0.15, -0.1) is 0 Å². The molecule has 1 aromatic carbocycles. The van der Waals surface area contributed by atoms with Gasteiger partial charge in [-0.05, 0) is 36.4 Å². The quantitative estimate of drug-likeness (QED) is 0.912. The minimum Gasteiger partial charge on any atom is -0.497 e. The summed E-state index contributed by atoms with van der Waals surface area (Å²) in [5.74, 6) is 0.859. The summed E-state index contributed by atoms with van der Waals surface area (Å²) in [5, 5.41) is 0. The highest BCUT2D eigenvalue weighted by Crippen LogP contribution is 2.19. The van der Waals surface area contributed by atoms with Gasteiger partial charge in [0.05, 0.1) is 7.11 Å². The van der Waals surface area contributed by atoms with Gasteiger partial charge in [-0.25, -0.2) is 4.98 Å². The summed E-state index contributed by atoms with van der Waals surface area (Å²) in [4.78, 5) is 17.8. The average molecular weight is 257 g/mol. The van der Waals surface area contributed by atoms with Crippen LogP contribution >= 0.6 is 0 Å². The van der Waals surface area contributed by atoms with E-state index in [1.54, 1.807) is 44.5 Å². The maximum Gasteiger partial charge on any atom is 0.276 e. The van der Waals surface area contributed by atoms with Crippen molar-refractivity contribution in [2.75, 3.05) is 24.8 Å². The summed E-state index contributed by atoms with van der Waals surface area (Å²) in [7, 11) is 3.29. The van der Waals surface area contributed by atoms with Crippen LogP contribution in [-0.4, -0.2) is 25.0 Å². The molecule has 5 nitrogen and oxygen atoms in total. The molecule has 0 aliphatic rings. The van der Waals surface area contributed by atoms with Gasteiger partial charge in [-0.1, -0.05) is 6.07 Å². The maximum absolute atomic E-state index is 12.2. The number of nitrogens with two attached hydrogens (primary N) is 1. The van der Waals surface area contributed by atoms with Gasteiger partial charge in [0.25, 0.3) is 5.91 Å². The van der Waals surface area contributed by atoms with E-state index in [1.807, 2.05) is 12.1 Å². The van der Waals surface area contributed by atoms with Gasteiger partial charge in [0.1, 0.15) is 17.3 Å². The van der Waals surface area contributed by atoms with Gasteiger partial charge in [-0.2, -0.15) is 0 Å². The molecule has 2 N–H and O–H groups in total. The van der Waals surface area contributed by atoms with Crippen LogP contribution in [-0.2, 0) is 0 Å². The molecule has 0 saturated heterocycles. The van der Waals surface area contributed by atoms with Crippen LogP contribution in [0.25, 0.3) is 0 Å². The maximum atomic E-state index is 12.2. The summed E-state index contributed by atoms with van der Waals surface area (Å²) >= 11 is 0. The first-order valence-electron chi connectivity index (χ1n) is 5.76. The Hall–Kier alpha value is -2.56. The molecule has 2 aromatic rings. The lowest BCUT2D eigenvalue weighted by molar-refractivity contribution is 0.0988. The Labute approximate surface area is 111 Å². The third-order valence-electron chi connectivity index (χ3n) is 2.75. The van der Waals surface area contributed by atoms with Crippen LogP contribution in [0.15, 0.2) is 42.5 Å². The van der Waals surface area contributed by atoms with E-state index in [0.717, 1.165) is 11.4 Å². The van der Waals surface area contributed by atoms with Crippen molar-refractivity contribution in [1.29, 1.82) is 0 Å². The molecule has 1 amide bonds. The Kier molecular flexibility index (Phi) is 3.66. The summed E-state index contributed by atoms with van der Waals surface area (Å²) < 4.78 is 5.08. The number of hydrogen-bond acceptors (Lipinski definition) is 4. The van der Waals surface area contributed by atoms with Crippen LogP contribution < -0.4 is 15.4 Å². The van der Waals surface area contributed by atoms with Crippen LogP contribution in [0.4, 0.5) is 11.5 Å². The van der Waals surface area contributed by atoms with E-state index < -0.39 is 0 Å². The van der Waals surface area contributed by atoms with Crippen molar-refractivity contribution in [1.82, 2.24) is 4.98 Å². The Morgan fingerprint density at radius 2 is 1.89 bits per heavy atom. The summed E-state index contributed by atoms with van der Waals surface area (Å²) in [6, 6.07) is 12.2. The highest BCUT2D eigenvalue weighted by molar-refractivity contribution is 6.04. The van der Waals surface area contributed by atoms with E-state index in [9.17, 15) is 4.79 Å². The zero-order valence-corrected chi connectivity index (χ0v) is 10.8. The number of carbonyl (C=O) groups excluding carboxylic acids is 1. The van der Waals surface area contributed by atoms with Crippen molar-refractivity contribution in [3.8, 4) is 5.75 Å². The molecule has 98 valence electrons. The molecule has 0 aliphatic carbocycles. The van der Waals surface area contributed by atoms with Gasteiger partial charge < -0.3 is 15.4 Å². The number of rotatable bonds is 3. The second kappa shape index (κ2) is 5.39. The molecule has 5 heteroatoms. The average Bonchev–Trinajstić information content (AvgIpc) is 2.46. The zero-order valence-electron chi connectivity index (χ0n) is 10.8. The number of pyridine rings is 1. The highest BCUT2D eigenvalue weighted by atomic mass is 16.5. The largest absolute Gasteiger partial charge is 0.497 e. The van der Waals surface area contributed by atoms with Gasteiger partial charge in [0.2, 0.25) is 0 Å². The van der Waals surface area contributed by atoms with E-state index in [1.165, 1.54) is 4.90 Å². The molecule has 0 atom stereocenters. The number of anilines is 2. The topological polar surface area (TPSA) is 68.5 Å². The van der Waals surface area contributed by atoms with E-state index in [0.29, 0.717) is 11.5 Å². The second-order valence-electron chi connectivity index (χ2n) is 4.01. The van der Waals surface area contributed by atoms with E-state index in [2.05, 4.69) is 4.98 Å². The number of aromatic nitrogens is 1. The van der Waals surface area contributed by atoms with Crippen LogP contribution in [0.3, 0.4) is 0 Å². The zero-order chi connectivity index (χ0) is 13.8. The molecule has 19 heavy (non-hydrogen) atoms. The number of benzene rings is 1. The van der Waals surface area contributed by atoms with E-state index in [-0.39, 0.29) is 5.91 Å². The van der Waals surface area contributed by atoms with Gasteiger partial charge >= 0.3 is 0 Å². The summed E-state index contributed by atoms with van der Waals surface area (Å²) in [6.07, 6.45) is 0. The number of carbonyl (C=O) groups is 1. The molecule has 2 rings (SSSR count). The van der Waals surface area contributed by atoms with E-state index in [4.69, 9.17) is 10.5 Å². The normalized spacial score (nSPS) is 10.0. The Morgan fingerprint density at radius 1 is 1.21 bits per heavy atom. The van der Waals surface area contributed by atoms with Crippen molar-refractivity contribution in [3.63, 3.8) is 0 Å². The monoisotopic (exact) mass is 257 g/mol. The van der Waals surface area contributed by atoms with Crippen molar-refractivity contribution in [2.24, 2.45) is 0 Å². The number of nitrogens with zero attached hydrogens (tertiary/aromatic N) is 2. The number of nitrogen functional groups attached to an aromatic ring is 1. The molecule has 0 radical (unpaired) electrons. The van der Waals surface area contributed by atoms with Crippen LogP contribution in [0.1, 0.15) is 10.5 Å². The third kappa shape index (κ3) is 2.82. The van der Waals surface area contributed by atoms with Gasteiger partial charge in [0, 0.05) is 12.7 Å². The Bertz CT molecular complexity index is 581. The van der Waals surface area contributed by atoms with Crippen molar-refractivity contribution in [3.05, 3.63) is 48.2 Å².